The first-order chi connectivity index (χ1) is 9.90. The molecular weight excluding hydrogens is 274 g/mol. The van der Waals surface area contributed by atoms with Gasteiger partial charge < -0.3 is 14.5 Å². The van der Waals surface area contributed by atoms with Gasteiger partial charge in [-0.05, 0) is 6.92 Å². The lowest BCUT2D eigenvalue weighted by molar-refractivity contribution is -0.149. The maximum atomic E-state index is 11.8. The molecule has 21 heavy (non-hydrogen) atoms. The molecule has 3 rings (SSSR count). The molecule has 0 aromatic carbocycles. The van der Waals surface area contributed by atoms with Crippen molar-refractivity contribution in [1.82, 2.24) is 15.0 Å². The van der Waals surface area contributed by atoms with Crippen LogP contribution >= 0.6 is 0 Å². The molecule has 7 nitrogen and oxygen atoms in total. The molecule has 0 unspecified atom stereocenters. The molecule has 1 N–H and O–H groups in total. The van der Waals surface area contributed by atoms with E-state index in [4.69, 9.17) is 4.52 Å². The highest BCUT2D eigenvalue weighted by molar-refractivity contribution is 5.80. The van der Waals surface area contributed by atoms with Crippen molar-refractivity contribution in [3.8, 4) is 0 Å². The minimum Gasteiger partial charge on any atom is -0.481 e. The third kappa shape index (κ3) is 2.31. The van der Waals surface area contributed by atoms with E-state index in [2.05, 4.69) is 10.1 Å². The monoisotopic (exact) mass is 293 g/mol. The number of carboxylic acid groups (broad SMARTS) is 1. The van der Waals surface area contributed by atoms with Crippen molar-refractivity contribution in [2.45, 2.75) is 20.4 Å². The number of nitrogens with zero attached hydrogens (tertiary/aromatic N) is 3. The summed E-state index contributed by atoms with van der Waals surface area (Å²) in [6.07, 6.45) is 0. The zero-order valence-electron chi connectivity index (χ0n) is 12.2. The van der Waals surface area contributed by atoms with E-state index in [0.717, 1.165) is 11.5 Å². The summed E-state index contributed by atoms with van der Waals surface area (Å²) in [6.45, 7) is 5.83. The fourth-order valence-corrected chi connectivity index (χ4v) is 3.54. The normalized spacial score (nSPS) is 28.9. The number of carbonyl (C=O) groups excluding carboxylic acids is 1. The molecule has 7 heteroatoms. The zero-order chi connectivity index (χ0) is 15.2. The Bertz CT molecular complexity index is 585. The average Bonchev–Trinajstić information content (AvgIpc) is 3.02. The number of aliphatic carboxylic acids is 1. The summed E-state index contributed by atoms with van der Waals surface area (Å²) in [6, 6.07) is 1.86. The van der Waals surface area contributed by atoms with Crippen molar-refractivity contribution in [3.05, 3.63) is 17.5 Å². The maximum absolute atomic E-state index is 11.8. The van der Waals surface area contributed by atoms with Gasteiger partial charge in [0, 0.05) is 45.1 Å². The Morgan fingerprint density at radius 1 is 1.48 bits per heavy atom. The SMILES string of the molecule is CC(=O)N1C[C@H]2CN(Cc3cc(C)no3)C[C@@]2(C(=O)O)C1. The van der Waals surface area contributed by atoms with Gasteiger partial charge in [0.1, 0.15) is 5.41 Å². The number of aromatic nitrogens is 1. The van der Waals surface area contributed by atoms with Crippen molar-refractivity contribution in [3.63, 3.8) is 0 Å². The Kier molecular flexibility index (Phi) is 3.24. The van der Waals surface area contributed by atoms with Crippen molar-refractivity contribution < 1.29 is 19.2 Å². The second-order valence-corrected chi connectivity index (χ2v) is 6.16. The van der Waals surface area contributed by atoms with E-state index < -0.39 is 11.4 Å². The summed E-state index contributed by atoms with van der Waals surface area (Å²) >= 11 is 0. The van der Waals surface area contributed by atoms with Crippen LogP contribution in [0, 0.1) is 18.3 Å². The summed E-state index contributed by atoms with van der Waals surface area (Å²) in [5.41, 5.74) is -0.0270. The number of fused-ring (bicyclic) bond motifs is 1. The molecule has 0 spiro atoms. The highest BCUT2D eigenvalue weighted by atomic mass is 16.5. The minimum atomic E-state index is -0.846. The van der Waals surface area contributed by atoms with Gasteiger partial charge in [-0.3, -0.25) is 14.5 Å². The number of aryl methyl sites for hydroxylation is 1. The lowest BCUT2D eigenvalue weighted by atomic mass is 9.81. The van der Waals surface area contributed by atoms with E-state index in [0.29, 0.717) is 32.7 Å². The van der Waals surface area contributed by atoms with E-state index in [1.807, 2.05) is 13.0 Å². The van der Waals surface area contributed by atoms with Crippen molar-refractivity contribution in [1.29, 1.82) is 0 Å². The van der Waals surface area contributed by atoms with Crippen LogP contribution in [-0.2, 0) is 16.1 Å². The van der Waals surface area contributed by atoms with Crippen LogP contribution in [0.3, 0.4) is 0 Å². The quantitative estimate of drug-likeness (QED) is 0.865. The van der Waals surface area contributed by atoms with Crippen LogP contribution in [0.5, 0.6) is 0 Å². The van der Waals surface area contributed by atoms with Crippen LogP contribution in [-0.4, -0.2) is 58.1 Å². The van der Waals surface area contributed by atoms with Gasteiger partial charge in [-0.15, -0.1) is 0 Å². The summed E-state index contributed by atoms with van der Waals surface area (Å²) in [5.74, 6) is -0.144. The average molecular weight is 293 g/mol. The first-order valence-corrected chi connectivity index (χ1v) is 7.04. The van der Waals surface area contributed by atoms with E-state index in [1.54, 1.807) is 4.90 Å². The number of likely N-dealkylation sites (tertiary alicyclic amines) is 2. The van der Waals surface area contributed by atoms with Crippen LogP contribution in [0.25, 0.3) is 0 Å². The Morgan fingerprint density at radius 3 is 2.76 bits per heavy atom. The first-order valence-electron chi connectivity index (χ1n) is 7.04. The van der Waals surface area contributed by atoms with Crippen molar-refractivity contribution in [2.75, 3.05) is 26.2 Å². The van der Waals surface area contributed by atoms with Crippen LogP contribution < -0.4 is 0 Å². The second kappa shape index (κ2) is 4.84. The van der Waals surface area contributed by atoms with Gasteiger partial charge in [-0.1, -0.05) is 5.16 Å². The molecule has 114 valence electrons. The van der Waals surface area contributed by atoms with Gasteiger partial charge in [0.25, 0.3) is 0 Å². The molecule has 1 aromatic heterocycles. The maximum Gasteiger partial charge on any atom is 0.313 e. The number of amides is 1. The Morgan fingerprint density at radius 2 is 2.24 bits per heavy atom. The molecule has 2 saturated heterocycles. The lowest BCUT2D eigenvalue weighted by Crippen LogP contribution is -2.41. The predicted octanol–water partition coefficient (Wildman–Crippen LogP) is 0.348. The smallest absolute Gasteiger partial charge is 0.313 e. The van der Waals surface area contributed by atoms with Gasteiger partial charge in [-0.2, -0.15) is 0 Å². The molecule has 2 fully saturated rings. The summed E-state index contributed by atoms with van der Waals surface area (Å²) in [7, 11) is 0. The molecule has 2 atom stereocenters. The molecule has 3 heterocycles. The largest absolute Gasteiger partial charge is 0.481 e. The third-order valence-corrected chi connectivity index (χ3v) is 4.61. The van der Waals surface area contributed by atoms with E-state index in [-0.39, 0.29) is 11.8 Å². The topological polar surface area (TPSA) is 86.9 Å². The van der Waals surface area contributed by atoms with Crippen LogP contribution in [0.4, 0.5) is 0 Å². The molecular formula is C14H19N3O4. The molecule has 1 amide bonds. The first kappa shape index (κ1) is 14.1. The molecule has 0 saturated carbocycles. The predicted molar refractivity (Wildman–Crippen MR) is 72.3 cm³/mol. The third-order valence-electron chi connectivity index (χ3n) is 4.61. The van der Waals surface area contributed by atoms with E-state index in [9.17, 15) is 14.7 Å². The highest BCUT2D eigenvalue weighted by Gasteiger charge is 2.58. The fourth-order valence-electron chi connectivity index (χ4n) is 3.54. The standard InChI is InChI=1S/C14H19N3O4/c1-9-3-12(21-15-9)6-16-4-11-5-17(10(2)18)8-14(11,7-16)13(19)20/h3,11H,4-8H2,1-2H3,(H,19,20)/t11-,14-/m1/s1. The zero-order valence-corrected chi connectivity index (χ0v) is 12.2. The van der Waals surface area contributed by atoms with Gasteiger partial charge in [-0.25, -0.2) is 0 Å². The Labute approximate surface area is 122 Å². The van der Waals surface area contributed by atoms with Gasteiger partial charge in [0.05, 0.1) is 12.2 Å². The summed E-state index contributed by atoms with van der Waals surface area (Å²) in [5, 5.41) is 13.5. The van der Waals surface area contributed by atoms with Gasteiger partial charge in [0.15, 0.2) is 5.76 Å². The van der Waals surface area contributed by atoms with Crippen molar-refractivity contribution >= 4 is 11.9 Å². The molecule has 0 aliphatic carbocycles. The highest BCUT2D eigenvalue weighted by Crippen LogP contribution is 2.43. The Hall–Kier alpha value is -1.89. The molecule has 2 aliphatic heterocycles. The number of hydrogen-bond acceptors (Lipinski definition) is 5. The summed E-state index contributed by atoms with van der Waals surface area (Å²) in [4.78, 5) is 27.0. The summed E-state index contributed by atoms with van der Waals surface area (Å²) < 4.78 is 5.20. The number of rotatable bonds is 3. The Balaban J connectivity index is 1.75. The fraction of sp³-hybridized carbons (Fsp3) is 0.643. The number of hydrogen-bond donors (Lipinski definition) is 1. The van der Waals surface area contributed by atoms with Crippen LogP contribution in [0.15, 0.2) is 10.6 Å². The lowest BCUT2D eigenvalue weighted by Gasteiger charge is -2.24. The van der Waals surface area contributed by atoms with E-state index >= 15 is 0 Å². The molecule has 2 aliphatic rings. The molecule has 0 radical (unpaired) electrons. The van der Waals surface area contributed by atoms with Crippen LogP contribution in [0.1, 0.15) is 18.4 Å². The molecule has 0 bridgehead atoms. The molecule has 1 aromatic rings. The van der Waals surface area contributed by atoms with Gasteiger partial charge >= 0.3 is 5.97 Å². The van der Waals surface area contributed by atoms with Gasteiger partial charge in [0.2, 0.25) is 5.91 Å². The van der Waals surface area contributed by atoms with Crippen molar-refractivity contribution in [2.24, 2.45) is 11.3 Å². The van der Waals surface area contributed by atoms with E-state index in [1.165, 1.54) is 6.92 Å². The minimum absolute atomic E-state index is 0.0251. The second-order valence-electron chi connectivity index (χ2n) is 6.16. The number of carboxylic acids is 1. The van der Waals surface area contributed by atoms with Crippen LogP contribution in [0.2, 0.25) is 0 Å². The number of carbonyl (C=O) groups is 2.